The van der Waals surface area contributed by atoms with Gasteiger partial charge in [0, 0.05) is 37.5 Å². The molecule has 0 spiro atoms. The van der Waals surface area contributed by atoms with Crippen LogP contribution in [-0.4, -0.2) is 46.0 Å². The summed E-state index contributed by atoms with van der Waals surface area (Å²) in [7, 11) is 1.62. The third-order valence-corrected chi connectivity index (χ3v) is 5.11. The fourth-order valence-electron chi connectivity index (χ4n) is 3.08. The topological polar surface area (TPSA) is 80.2 Å². The number of hydrogen-bond donors (Lipinski definition) is 1. The summed E-state index contributed by atoms with van der Waals surface area (Å²) in [4.78, 5) is 27.7. The maximum atomic E-state index is 11.1. The highest BCUT2D eigenvalue weighted by Gasteiger charge is 2.22. The van der Waals surface area contributed by atoms with Crippen LogP contribution in [-0.2, 0) is 17.8 Å². The van der Waals surface area contributed by atoms with Crippen LogP contribution in [0.2, 0.25) is 0 Å². The predicted octanol–water partition coefficient (Wildman–Crippen LogP) is 2.35. The van der Waals surface area contributed by atoms with Crippen molar-refractivity contribution < 1.29 is 9.53 Å². The Balaban J connectivity index is 1.53. The number of nitrogens with zero attached hydrogens (tertiary/aromatic N) is 4. The minimum Gasteiger partial charge on any atom is -0.494 e. The highest BCUT2D eigenvalue weighted by Crippen LogP contribution is 2.24. The summed E-state index contributed by atoms with van der Waals surface area (Å²) in [5.74, 6) is 2.04. The lowest BCUT2D eigenvalue weighted by Gasteiger charge is -2.32. The molecule has 2 aromatic heterocycles. The number of aromatic nitrogens is 3. The second kappa shape index (κ2) is 8.35. The lowest BCUT2D eigenvalue weighted by atomic mass is 9.94. The molecule has 0 saturated carbocycles. The van der Waals surface area contributed by atoms with Crippen molar-refractivity contribution in [3.05, 3.63) is 29.3 Å². The Labute approximate surface area is 151 Å². The zero-order valence-electron chi connectivity index (χ0n) is 14.6. The quantitative estimate of drug-likeness (QED) is 0.851. The first-order valence-corrected chi connectivity index (χ1v) is 9.23. The number of hydrogen-bond acceptors (Lipinski definition) is 7. The van der Waals surface area contributed by atoms with Crippen molar-refractivity contribution in [1.29, 1.82) is 0 Å². The average molecular weight is 361 g/mol. The predicted molar refractivity (Wildman–Crippen MR) is 96.7 cm³/mol. The van der Waals surface area contributed by atoms with Crippen LogP contribution in [0.1, 0.15) is 30.5 Å². The van der Waals surface area contributed by atoms with E-state index in [9.17, 15) is 4.79 Å². The summed E-state index contributed by atoms with van der Waals surface area (Å²) in [5, 5.41) is 3.41. The monoisotopic (exact) mass is 361 g/mol. The smallest absolute Gasteiger partial charge is 0.223 e. The molecule has 0 aromatic carbocycles. The summed E-state index contributed by atoms with van der Waals surface area (Å²) in [5.41, 5.74) is 0. The molecule has 1 atom stereocenters. The molecule has 1 fully saturated rings. The number of ether oxygens (including phenoxy) is 1. The first kappa shape index (κ1) is 17.8. The Morgan fingerprint density at radius 3 is 2.88 bits per heavy atom. The summed E-state index contributed by atoms with van der Waals surface area (Å²) in [6.45, 7) is 4.49. The van der Waals surface area contributed by atoms with E-state index >= 15 is 0 Å². The number of carbonyl (C=O) groups excluding carboxylic acids is 1. The maximum Gasteiger partial charge on any atom is 0.223 e. The lowest BCUT2D eigenvalue weighted by molar-refractivity contribution is -0.114. The minimum absolute atomic E-state index is 0.0848. The Kier molecular flexibility index (Phi) is 5.93. The number of amides is 1. The molecule has 1 unspecified atom stereocenters. The van der Waals surface area contributed by atoms with Crippen molar-refractivity contribution in [2.24, 2.45) is 5.92 Å². The van der Waals surface area contributed by atoms with E-state index in [2.05, 4.69) is 25.2 Å². The molecule has 0 radical (unpaired) electrons. The number of carbonyl (C=O) groups is 1. The summed E-state index contributed by atoms with van der Waals surface area (Å²) >= 11 is 1.54. The van der Waals surface area contributed by atoms with E-state index in [0.29, 0.717) is 16.8 Å². The molecule has 1 N–H and O–H groups in total. The fourth-order valence-corrected chi connectivity index (χ4v) is 3.98. The molecule has 1 aliphatic heterocycles. The number of thiazole rings is 1. The van der Waals surface area contributed by atoms with Crippen LogP contribution in [0.3, 0.4) is 0 Å². The highest BCUT2D eigenvalue weighted by atomic mass is 32.1. The molecule has 3 rings (SSSR count). The zero-order valence-corrected chi connectivity index (χ0v) is 15.4. The third-order valence-electron chi connectivity index (χ3n) is 4.21. The Morgan fingerprint density at radius 2 is 2.16 bits per heavy atom. The van der Waals surface area contributed by atoms with Gasteiger partial charge in [-0.2, -0.15) is 0 Å². The Morgan fingerprint density at radius 1 is 1.36 bits per heavy atom. The van der Waals surface area contributed by atoms with Crippen molar-refractivity contribution in [3.63, 3.8) is 0 Å². The molecular formula is C17H23N5O2S. The minimum atomic E-state index is -0.0848. The van der Waals surface area contributed by atoms with Crippen LogP contribution in [0.4, 0.5) is 5.13 Å². The van der Waals surface area contributed by atoms with Crippen molar-refractivity contribution >= 4 is 22.4 Å². The molecule has 8 heteroatoms. The van der Waals surface area contributed by atoms with Crippen molar-refractivity contribution in [2.45, 2.75) is 32.7 Å². The van der Waals surface area contributed by atoms with Crippen molar-refractivity contribution in [3.8, 4) is 5.75 Å². The van der Waals surface area contributed by atoms with Gasteiger partial charge in [0.2, 0.25) is 5.91 Å². The molecule has 1 saturated heterocycles. The van der Waals surface area contributed by atoms with Gasteiger partial charge in [-0.25, -0.2) is 15.0 Å². The van der Waals surface area contributed by atoms with Gasteiger partial charge < -0.3 is 10.1 Å². The lowest BCUT2D eigenvalue weighted by Crippen LogP contribution is -2.35. The van der Waals surface area contributed by atoms with Crippen LogP contribution >= 0.6 is 11.3 Å². The number of methoxy groups -OCH3 is 1. The highest BCUT2D eigenvalue weighted by molar-refractivity contribution is 7.15. The zero-order chi connectivity index (χ0) is 17.6. The van der Waals surface area contributed by atoms with Gasteiger partial charge in [-0.1, -0.05) is 0 Å². The van der Waals surface area contributed by atoms with Gasteiger partial charge in [-0.05, 0) is 25.3 Å². The normalized spacial score (nSPS) is 18.1. The van der Waals surface area contributed by atoms with Crippen molar-refractivity contribution in [2.75, 3.05) is 25.5 Å². The Hall–Kier alpha value is -2.06. The van der Waals surface area contributed by atoms with Crippen molar-refractivity contribution in [1.82, 2.24) is 19.9 Å². The second-order valence-electron chi connectivity index (χ2n) is 6.30. The van der Waals surface area contributed by atoms with E-state index in [-0.39, 0.29) is 5.91 Å². The first-order valence-electron chi connectivity index (χ1n) is 8.42. The first-order chi connectivity index (χ1) is 12.1. The number of likely N-dealkylation sites (tertiary alicyclic amines) is 1. The molecule has 25 heavy (non-hydrogen) atoms. The Bertz CT molecular complexity index is 703. The number of nitrogens with one attached hydrogen (secondary N) is 1. The van der Waals surface area contributed by atoms with Gasteiger partial charge in [0.1, 0.15) is 5.82 Å². The average Bonchev–Trinajstić information content (AvgIpc) is 3.02. The summed E-state index contributed by atoms with van der Waals surface area (Å²) in [6.07, 6.45) is 8.57. The number of anilines is 1. The van der Waals surface area contributed by atoms with Gasteiger partial charge in [-0.3, -0.25) is 9.69 Å². The molecule has 0 aliphatic carbocycles. The molecule has 0 bridgehead atoms. The summed E-state index contributed by atoms with van der Waals surface area (Å²) < 4.78 is 5.10. The van der Waals surface area contributed by atoms with Gasteiger partial charge in [0.15, 0.2) is 10.9 Å². The number of rotatable bonds is 6. The molecule has 1 amide bonds. The van der Waals surface area contributed by atoms with Gasteiger partial charge in [0.25, 0.3) is 0 Å². The fraction of sp³-hybridized carbons (Fsp3) is 0.529. The molecular weight excluding hydrogens is 338 g/mol. The maximum absolute atomic E-state index is 11.1. The van der Waals surface area contributed by atoms with Gasteiger partial charge >= 0.3 is 0 Å². The molecule has 134 valence electrons. The standard InChI is InChI=1S/C17H23N5O2S/c1-12(23)21-17-20-9-15(25-17)11-22-5-3-4-13(10-22)6-16-18-7-14(24-2)8-19-16/h7-9,13H,3-6,10-11H2,1-2H3,(H,20,21,23). The van der Waals surface area contributed by atoms with Crippen LogP contribution < -0.4 is 10.1 Å². The van der Waals surface area contributed by atoms with Crippen LogP contribution in [0, 0.1) is 5.92 Å². The number of piperidine rings is 1. The van der Waals surface area contributed by atoms with Crippen LogP contribution in [0.25, 0.3) is 0 Å². The SMILES string of the molecule is COc1cnc(CC2CCCN(Cc3cnc(NC(C)=O)s3)C2)nc1. The van der Waals surface area contributed by atoms with Crippen LogP contribution in [0.5, 0.6) is 5.75 Å². The largest absolute Gasteiger partial charge is 0.494 e. The summed E-state index contributed by atoms with van der Waals surface area (Å²) in [6, 6.07) is 0. The van der Waals surface area contributed by atoms with E-state index in [1.54, 1.807) is 30.8 Å². The molecule has 3 heterocycles. The van der Waals surface area contributed by atoms with Crippen LogP contribution in [0.15, 0.2) is 18.6 Å². The van der Waals surface area contributed by atoms with Gasteiger partial charge in [0.05, 0.1) is 19.5 Å². The molecule has 7 nitrogen and oxygen atoms in total. The van der Waals surface area contributed by atoms with Gasteiger partial charge in [-0.15, -0.1) is 11.3 Å². The molecule has 2 aromatic rings. The van der Waals surface area contributed by atoms with E-state index < -0.39 is 0 Å². The molecule has 1 aliphatic rings. The van der Waals surface area contributed by atoms with E-state index in [0.717, 1.165) is 31.9 Å². The second-order valence-corrected chi connectivity index (χ2v) is 7.41. The van der Waals surface area contributed by atoms with E-state index in [1.807, 2.05) is 6.20 Å². The third kappa shape index (κ3) is 5.20. The van der Waals surface area contributed by atoms with E-state index in [1.165, 1.54) is 24.6 Å². The van der Waals surface area contributed by atoms with E-state index in [4.69, 9.17) is 4.74 Å².